The number of nitrogens with zero attached hydrogens (tertiary/aromatic N) is 2. The van der Waals surface area contributed by atoms with Gasteiger partial charge in [0.1, 0.15) is 18.4 Å². The highest BCUT2D eigenvalue weighted by Crippen LogP contribution is 2.29. The van der Waals surface area contributed by atoms with Gasteiger partial charge in [-0.15, -0.1) is 0 Å². The van der Waals surface area contributed by atoms with Crippen molar-refractivity contribution in [2.45, 2.75) is 19.6 Å². The number of rotatable bonds is 6. The van der Waals surface area contributed by atoms with Gasteiger partial charge in [-0.25, -0.2) is 14.5 Å². The summed E-state index contributed by atoms with van der Waals surface area (Å²) in [6.07, 6.45) is 3.52. The Bertz CT molecular complexity index is 1210. The van der Waals surface area contributed by atoms with Crippen LogP contribution >= 0.6 is 0 Å². The van der Waals surface area contributed by atoms with E-state index in [1.54, 1.807) is 37.3 Å². The summed E-state index contributed by atoms with van der Waals surface area (Å²) in [5.74, 6) is -0.926. The largest absolute Gasteiger partial charge is 0.467 e. The fraction of sp³-hybridized carbons (Fsp3) is 0.174. The SMILES string of the molecule is COC(=O)C(C)n1cc(/C=C2\C(=O)ON=C2c2ccc(COO)cc2)c2ccccc21. The lowest BCUT2D eigenvalue weighted by molar-refractivity contribution is -0.253. The minimum absolute atomic E-state index is 0.0583. The third-order valence-electron chi connectivity index (χ3n) is 5.18. The number of aromatic nitrogens is 1. The first-order valence-corrected chi connectivity index (χ1v) is 9.58. The van der Waals surface area contributed by atoms with Gasteiger partial charge in [0, 0.05) is 28.2 Å². The lowest BCUT2D eigenvalue weighted by atomic mass is 9.99. The van der Waals surface area contributed by atoms with E-state index in [4.69, 9.17) is 14.8 Å². The number of para-hydroxylation sites is 1. The molecule has 0 saturated heterocycles. The summed E-state index contributed by atoms with van der Waals surface area (Å²) in [5, 5.41) is 13.4. The van der Waals surface area contributed by atoms with Crippen LogP contribution in [-0.4, -0.2) is 34.6 Å². The molecule has 1 atom stereocenters. The third-order valence-corrected chi connectivity index (χ3v) is 5.18. The van der Waals surface area contributed by atoms with Crippen molar-refractivity contribution < 1.29 is 29.3 Å². The maximum Gasteiger partial charge on any atom is 0.368 e. The average molecular weight is 420 g/mol. The van der Waals surface area contributed by atoms with Gasteiger partial charge >= 0.3 is 11.9 Å². The van der Waals surface area contributed by atoms with Gasteiger partial charge in [-0.1, -0.05) is 47.6 Å². The minimum atomic E-state index is -0.560. The van der Waals surface area contributed by atoms with E-state index in [0.717, 1.165) is 22.0 Å². The van der Waals surface area contributed by atoms with Gasteiger partial charge in [0.2, 0.25) is 0 Å². The summed E-state index contributed by atoms with van der Waals surface area (Å²) in [7, 11) is 1.35. The molecule has 8 heteroatoms. The molecule has 1 aliphatic rings. The molecule has 1 unspecified atom stereocenters. The molecule has 0 spiro atoms. The molecule has 1 aliphatic heterocycles. The molecular formula is C23H20N2O6. The van der Waals surface area contributed by atoms with Crippen LogP contribution in [0.1, 0.15) is 29.7 Å². The molecule has 8 nitrogen and oxygen atoms in total. The van der Waals surface area contributed by atoms with Crippen LogP contribution in [0.5, 0.6) is 0 Å². The van der Waals surface area contributed by atoms with Crippen molar-refractivity contribution in [1.29, 1.82) is 0 Å². The normalized spacial score (nSPS) is 15.8. The Labute approximate surface area is 177 Å². The van der Waals surface area contributed by atoms with E-state index in [2.05, 4.69) is 10.0 Å². The van der Waals surface area contributed by atoms with Crippen molar-refractivity contribution in [2.75, 3.05) is 7.11 Å². The molecule has 2 heterocycles. The predicted molar refractivity (Wildman–Crippen MR) is 113 cm³/mol. The second kappa shape index (κ2) is 8.55. The van der Waals surface area contributed by atoms with Crippen LogP contribution in [0.4, 0.5) is 0 Å². The first kappa shape index (κ1) is 20.5. The Morgan fingerprint density at radius 2 is 1.97 bits per heavy atom. The van der Waals surface area contributed by atoms with E-state index < -0.39 is 12.0 Å². The molecule has 31 heavy (non-hydrogen) atoms. The smallest absolute Gasteiger partial charge is 0.368 e. The van der Waals surface area contributed by atoms with Crippen LogP contribution in [0.2, 0.25) is 0 Å². The van der Waals surface area contributed by atoms with Crippen molar-refractivity contribution in [3.63, 3.8) is 0 Å². The molecule has 4 rings (SSSR count). The second-order valence-corrected chi connectivity index (χ2v) is 7.06. The van der Waals surface area contributed by atoms with Gasteiger partial charge in [-0.05, 0) is 24.6 Å². The predicted octanol–water partition coefficient (Wildman–Crippen LogP) is 3.71. The van der Waals surface area contributed by atoms with Crippen LogP contribution in [0.25, 0.3) is 17.0 Å². The minimum Gasteiger partial charge on any atom is -0.467 e. The number of carbonyl (C=O) groups is 2. The number of fused-ring (bicyclic) bond motifs is 1. The summed E-state index contributed by atoms with van der Waals surface area (Å²) in [4.78, 5) is 33.6. The van der Waals surface area contributed by atoms with Gasteiger partial charge in [0.15, 0.2) is 0 Å². The van der Waals surface area contributed by atoms with Gasteiger partial charge < -0.3 is 14.1 Å². The van der Waals surface area contributed by atoms with E-state index in [0.29, 0.717) is 16.8 Å². The van der Waals surface area contributed by atoms with Gasteiger partial charge in [0.25, 0.3) is 0 Å². The number of oxime groups is 1. The van der Waals surface area contributed by atoms with Gasteiger partial charge in [0.05, 0.1) is 12.7 Å². The molecule has 0 fully saturated rings. The Morgan fingerprint density at radius 3 is 2.68 bits per heavy atom. The maximum atomic E-state index is 12.4. The summed E-state index contributed by atoms with van der Waals surface area (Å²) < 4.78 is 6.70. The summed E-state index contributed by atoms with van der Waals surface area (Å²) in [5.41, 5.74) is 3.75. The summed E-state index contributed by atoms with van der Waals surface area (Å²) >= 11 is 0. The standard InChI is InChI=1S/C23H20N2O6/c1-14(22(26)29-2)25-12-17(18-5-3-4-6-20(18)25)11-19-21(24-31-23(19)27)16-9-7-15(8-10-16)13-30-28/h3-12,14,28H,13H2,1-2H3/b19-11-. The zero-order chi connectivity index (χ0) is 22.0. The number of ether oxygens (including phenoxy) is 1. The van der Waals surface area contributed by atoms with E-state index in [1.165, 1.54) is 7.11 Å². The second-order valence-electron chi connectivity index (χ2n) is 7.06. The van der Waals surface area contributed by atoms with Crippen LogP contribution in [0.15, 0.2) is 65.5 Å². The lowest BCUT2D eigenvalue weighted by Gasteiger charge is -2.12. The molecule has 158 valence electrons. The van der Waals surface area contributed by atoms with E-state index in [9.17, 15) is 9.59 Å². The topological polar surface area (TPSA) is 99.4 Å². The molecule has 0 saturated carbocycles. The Balaban J connectivity index is 1.77. The van der Waals surface area contributed by atoms with Crippen molar-refractivity contribution >= 4 is 34.6 Å². The van der Waals surface area contributed by atoms with Crippen LogP contribution in [0, 0.1) is 0 Å². The zero-order valence-corrected chi connectivity index (χ0v) is 16.9. The molecule has 3 aromatic rings. The molecular weight excluding hydrogens is 400 g/mol. The monoisotopic (exact) mass is 420 g/mol. The van der Waals surface area contributed by atoms with Crippen molar-refractivity contribution in [1.82, 2.24) is 4.57 Å². The van der Waals surface area contributed by atoms with Crippen LogP contribution in [0.3, 0.4) is 0 Å². The molecule has 0 amide bonds. The summed E-state index contributed by atoms with van der Waals surface area (Å²) in [6, 6.07) is 14.1. The fourth-order valence-electron chi connectivity index (χ4n) is 3.56. The van der Waals surface area contributed by atoms with Crippen LogP contribution in [-0.2, 0) is 30.7 Å². The number of hydrogen-bond acceptors (Lipinski definition) is 7. The quantitative estimate of drug-likeness (QED) is 0.215. The molecule has 0 bridgehead atoms. The number of benzene rings is 2. The lowest BCUT2D eigenvalue weighted by Crippen LogP contribution is -2.16. The number of hydrogen-bond donors (Lipinski definition) is 1. The highest BCUT2D eigenvalue weighted by Gasteiger charge is 2.28. The Morgan fingerprint density at radius 1 is 1.23 bits per heavy atom. The van der Waals surface area contributed by atoms with Crippen LogP contribution < -0.4 is 0 Å². The number of esters is 1. The van der Waals surface area contributed by atoms with E-state index in [1.807, 2.05) is 35.0 Å². The highest BCUT2D eigenvalue weighted by molar-refractivity contribution is 6.31. The Kier molecular flexibility index (Phi) is 5.66. The van der Waals surface area contributed by atoms with E-state index >= 15 is 0 Å². The summed E-state index contributed by atoms with van der Waals surface area (Å²) in [6.45, 7) is 1.81. The van der Waals surface area contributed by atoms with Gasteiger partial charge in [-0.3, -0.25) is 5.26 Å². The Hall–Kier alpha value is -3.75. The average Bonchev–Trinajstić information content (AvgIpc) is 3.35. The first-order valence-electron chi connectivity index (χ1n) is 9.58. The van der Waals surface area contributed by atoms with E-state index in [-0.39, 0.29) is 12.6 Å². The maximum absolute atomic E-state index is 12.4. The molecule has 0 aliphatic carbocycles. The molecule has 0 radical (unpaired) electrons. The van der Waals surface area contributed by atoms with Gasteiger partial charge in [-0.2, -0.15) is 0 Å². The number of methoxy groups -OCH3 is 1. The van der Waals surface area contributed by atoms with Crippen molar-refractivity contribution in [3.8, 4) is 0 Å². The molecule has 1 aromatic heterocycles. The highest BCUT2D eigenvalue weighted by atomic mass is 17.1. The molecule has 1 N–H and O–H groups in total. The molecule has 2 aromatic carbocycles. The van der Waals surface area contributed by atoms with Crippen molar-refractivity contribution in [2.24, 2.45) is 5.16 Å². The fourth-order valence-corrected chi connectivity index (χ4v) is 3.56. The van der Waals surface area contributed by atoms with Crippen molar-refractivity contribution in [3.05, 3.63) is 77.0 Å². The first-order chi connectivity index (χ1) is 15.0. The zero-order valence-electron chi connectivity index (χ0n) is 16.9. The third kappa shape index (κ3) is 3.86. The number of carbonyl (C=O) groups excluding carboxylic acids is 2.